The van der Waals surface area contributed by atoms with Crippen molar-refractivity contribution in [2.75, 3.05) is 13.6 Å². The molecule has 1 rings (SSSR count). The molecule has 0 aliphatic rings. The van der Waals surface area contributed by atoms with Gasteiger partial charge in [0.15, 0.2) is 0 Å². The minimum absolute atomic E-state index is 0.313. The number of aliphatic imine (C=N–C) groups is 1. The maximum atomic E-state index is 5.88. The van der Waals surface area contributed by atoms with E-state index >= 15 is 0 Å². The second kappa shape index (κ2) is 12.1. The Kier molecular flexibility index (Phi) is 13.0. The molecule has 116 valence electrons. The quantitative estimate of drug-likeness (QED) is 0.817. The maximum absolute atomic E-state index is 5.88. The summed E-state index contributed by atoms with van der Waals surface area (Å²) in [4.78, 5) is 8.35. The molecule has 3 nitrogen and oxygen atoms in total. The first kappa shape index (κ1) is 21.6. The third-order valence-electron chi connectivity index (χ3n) is 2.57. The number of thiazole rings is 1. The van der Waals surface area contributed by atoms with Gasteiger partial charge >= 0.3 is 0 Å². The average molecular weight is 318 g/mol. The first-order valence-corrected chi connectivity index (χ1v) is 8.24. The molecule has 0 bridgehead atoms. The standard InChI is InChI=1S/C11H16ClN3S.2C2H6/c1-4-8(5-14-3)11(2,7-13)10-15-9(12)6-16-10;2*1-2/h4-6H,7,13H2,1-3H3;2*1-2H3/b8-4+,14-5?;;. The van der Waals surface area contributed by atoms with Crippen LogP contribution in [0.5, 0.6) is 0 Å². The molecule has 2 N–H and O–H groups in total. The number of nitrogens with zero attached hydrogens (tertiary/aromatic N) is 2. The average Bonchev–Trinajstić information content (AvgIpc) is 2.95. The summed E-state index contributed by atoms with van der Waals surface area (Å²) in [5, 5.41) is 3.26. The molecule has 0 radical (unpaired) electrons. The van der Waals surface area contributed by atoms with Crippen LogP contribution in [0.3, 0.4) is 0 Å². The fourth-order valence-electron chi connectivity index (χ4n) is 1.51. The van der Waals surface area contributed by atoms with Crippen LogP contribution >= 0.6 is 22.9 Å². The molecule has 0 aliphatic carbocycles. The first-order valence-electron chi connectivity index (χ1n) is 6.99. The molecule has 20 heavy (non-hydrogen) atoms. The third kappa shape index (κ3) is 5.73. The highest BCUT2D eigenvalue weighted by atomic mass is 35.5. The van der Waals surface area contributed by atoms with Gasteiger partial charge < -0.3 is 5.73 Å². The molecule has 0 saturated heterocycles. The van der Waals surface area contributed by atoms with Crippen LogP contribution in [0.4, 0.5) is 0 Å². The topological polar surface area (TPSA) is 51.3 Å². The van der Waals surface area contributed by atoms with Gasteiger partial charge in [-0.05, 0) is 19.4 Å². The summed E-state index contributed by atoms with van der Waals surface area (Å²) in [6, 6.07) is 0. The molecule has 0 fully saturated rings. The Morgan fingerprint density at radius 3 is 2.30 bits per heavy atom. The summed E-state index contributed by atoms with van der Waals surface area (Å²) in [7, 11) is 1.75. The Bertz CT molecular complexity index is 413. The molecular weight excluding hydrogens is 290 g/mol. The van der Waals surface area contributed by atoms with E-state index in [0.717, 1.165) is 10.6 Å². The van der Waals surface area contributed by atoms with Crippen LogP contribution in [-0.4, -0.2) is 24.8 Å². The van der Waals surface area contributed by atoms with Crippen molar-refractivity contribution in [1.29, 1.82) is 0 Å². The van der Waals surface area contributed by atoms with Crippen molar-refractivity contribution in [2.45, 2.75) is 47.0 Å². The van der Waals surface area contributed by atoms with Gasteiger partial charge in [-0.3, -0.25) is 4.99 Å². The fraction of sp³-hybridized carbons (Fsp3) is 0.600. The van der Waals surface area contributed by atoms with E-state index < -0.39 is 0 Å². The highest BCUT2D eigenvalue weighted by Gasteiger charge is 2.31. The Hall–Kier alpha value is -0.710. The Morgan fingerprint density at radius 2 is 2.00 bits per heavy atom. The van der Waals surface area contributed by atoms with E-state index in [4.69, 9.17) is 17.3 Å². The SMILES string of the molecule is C/C=C(\C=NC)C(C)(CN)c1nc(Cl)cs1.CC.CC. The Labute approximate surface area is 133 Å². The van der Waals surface area contributed by atoms with Gasteiger partial charge in [0.1, 0.15) is 10.2 Å². The van der Waals surface area contributed by atoms with Gasteiger partial charge in [0, 0.05) is 25.2 Å². The van der Waals surface area contributed by atoms with Crippen LogP contribution in [0, 0.1) is 0 Å². The van der Waals surface area contributed by atoms with E-state index in [2.05, 4.69) is 16.9 Å². The van der Waals surface area contributed by atoms with Crippen LogP contribution in [0.15, 0.2) is 22.0 Å². The van der Waals surface area contributed by atoms with Crippen LogP contribution in [0.25, 0.3) is 0 Å². The van der Waals surface area contributed by atoms with Crippen molar-refractivity contribution in [3.8, 4) is 0 Å². The summed E-state index contributed by atoms with van der Waals surface area (Å²) in [6.07, 6.45) is 3.83. The Morgan fingerprint density at radius 1 is 1.45 bits per heavy atom. The molecular formula is C15H28ClN3S. The van der Waals surface area contributed by atoms with Crippen molar-refractivity contribution >= 4 is 29.2 Å². The lowest BCUT2D eigenvalue weighted by Crippen LogP contribution is -2.34. The molecule has 5 heteroatoms. The summed E-state index contributed by atoms with van der Waals surface area (Å²) in [5.41, 5.74) is 6.62. The minimum atomic E-state index is -0.313. The molecule has 0 amide bonds. The summed E-state index contributed by atoms with van der Waals surface area (Å²) in [5.74, 6) is 0. The number of hydrogen-bond acceptors (Lipinski definition) is 4. The molecule has 1 atom stereocenters. The zero-order valence-corrected chi connectivity index (χ0v) is 15.3. The number of rotatable bonds is 4. The first-order chi connectivity index (χ1) is 9.58. The van der Waals surface area contributed by atoms with Gasteiger partial charge in [-0.15, -0.1) is 11.3 Å². The summed E-state index contributed by atoms with van der Waals surface area (Å²) >= 11 is 7.38. The van der Waals surface area contributed by atoms with E-state index in [1.54, 1.807) is 7.05 Å². The van der Waals surface area contributed by atoms with E-state index in [-0.39, 0.29) is 5.41 Å². The third-order valence-corrected chi connectivity index (χ3v) is 4.00. The molecule has 0 saturated carbocycles. The minimum Gasteiger partial charge on any atom is -0.329 e. The maximum Gasteiger partial charge on any atom is 0.140 e. The number of allylic oxidation sites excluding steroid dienone is 1. The molecule has 1 aromatic rings. The monoisotopic (exact) mass is 317 g/mol. The summed E-state index contributed by atoms with van der Waals surface area (Å²) in [6.45, 7) is 12.5. The number of nitrogens with two attached hydrogens (primary N) is 1. The highest BCUT2D eigenvalue weighted by Crippen LogP contribution is 2.33. The fourth-order valence-corrected chi connectivity index (χ4v) is 2.65. The van der Waals surface area contributed by atoms with E-state index in [9.17, 15) is 0 Å². The van der Waals surface area contributed by atoms with Gasteiger partial charge in [0.2, 0.25) is 0 Å². The number of aromatic nitrogens is 1. The lowest BCUT2D eigenvalue weighted by molar-refractivity contribution is 0.586. The van der Waals surface area contributed by atoms with Crippen molar-refractivity contribution in [3.05, 3.63) is 27.2 Å². The number of hydrogen-bond donors (Lipinski definition) is 1. The van der Waals surface area contributed by atoms with Crippen molar-refractivity contribution in [3.63, 3.8) is 0 Å². The summed E-state index contributed by atoms with van der Waals surface area (Å²) < 4.78 is 0. The van der Waals surface area contributed by atoms with Gasteiger partial charge in [0.05, 0.1) is 5.41 Å². The lowest BCUT2D eigenvalue weighted by Gasteiger charge is -2.26. The molecule has 0 aromatic carbocycles. The van der Waals surface area contributed by atoms with Gasteiger partial charge in [-0.25, -0.2) is 4.98 Å². The van der Waals surface area contributed by atoms with E-state index in [1.165, 1.54) is 11.3 Å². The van der Waals surface area contributed by atoms with Crippen LogP contribution in [0.1, 0.15) is 46.6 Å². The highest BCUT2D eigenvalue weighted by molar-refractivity contribution is 7.10. The normalized spacial score (nSPS) is 13.9. The van der Waals surface area contributed by atoms with Crippen molar-refractivity contribution in [1.82, 2.24) is 4.98 Å². The van der Waals surface area contributed by atoms with Gasteiger partial charge in [-0.2, -0.15) is 0 Å². The molecule has 1 aromatic heterocycles. The second-order valence-corrected chi connectivity index (χ2v) is 4.89. The number of halogens is 1. The Balaban J connectivity index is 0. The molecule has 1 unspecified atom stereocenters. The van der Waals surface area contributed by atoms with E-state index in [0.29, 0.717) is 11.7 Å². The van der Waals surface area contributed by atoms with Gasteiger partial charge in [0.25, 0.3) is 0 Å². The van der Waals surface area contributed by atoms with Crippen molar-refractivity contribution in [2.24, 2.45) is 10.7 Å². The second-order valence-electron chi connectivity index (χ2n) is 3.64. The zero-order valence-electron chi connectivity index (χ0n) is 13.7. The molecule has 0 spiro atoms. The van der Waals surface area contributed by atoms with Crippen LogP contribution in [-0.2, 0) is 5.41 Å². The zero-order chi connectivity index (χ0) is 16.2. The molecule has 0 aliphatic heterocycles. The molecule has 1 heterocycles. The van der Waals surface area contributed by atoms with Crippen LogP contribution < -0.4 is 5.73 Å². The lowest BCUT2D eigenvalue weighted by atomic mass is 9.83. The van der Waals surface area contributed by atoms with Crippen LogP contribution in [0.2, 0.25) is 5.15 Å². The predicted molar refractivity (Wildman–Crippen MR) is 94.4 cm³/mol. The van der Waals surface area contributed by atoms with Crippen molar-refractivity contribution < 1.29 is 0 Å². The largest absolute Gasteiger partial charge is 0.329 e. The van der Waals surface area contributed by atoms with E-state index in [1.807, 2.05) is 52.3 Å². The van der Waals surface area contributed by atoms with Gasteiger partial charge in [-0.1, -0.05) is 45.4 Å². The smallest absolute Gasteiger partial charge is 0.140 e. The predicted octanol–water partition coefficient (Wildman–Crippen LogP) is 4.71.